The average molecular weight is 510 g/mol. The van der Waals surface area contributed by atoms with Crippen molar-refractivity contribution in [1.82, 2.24) is 9.97 Å². The van der Waals surface area contributed by atoms with E-state index in [9.17, 15) is 26.4 Å². The zero-order chi connectivity index (χ0) is 25.5. The predicted octanol–water partition coefficient (Wildman–Crippen LogP) is 5.49. The summed E-state index contributed by atoms with van der Waals surface area (Å²) in [6, 6.07) is 20.1. The molecule has 0 fully saturated rings. The number of nitrogens with zero attached hydrogens (tertiary/aromatic N) is 1. The summed E-state index contributed by atoms with van der Waals surface area (Å²) >= 11 is 0. The van der Waals surface area contributed by atoms with Gasteiger partial charge in [0, 0.05) is 28.6 Å². The van der Waals surface area contributed by atoms with Crippen molar-refractivity contribution in [3.8, 4) is 0 Å². The average Bonchev–Trinajstić information content (AvgIpc) is 2.83. The number of hydrogen-bond donors (Lipinski definition) is 2. The summed E-state index contributed by atoms with van der Waals surface area (Å²) in [7, 11) is -3.90. The molecule has 0 amide bonds. The van der Waals surface area contributed by atoms with Crippen molar-refractivity contribution >= 4 is 37.5 Å². The second-order valence-electron chi connectivity index (χ2n) is 8.27. The van der Waals surface area contributed by atoms with Crippen LogP contribution in [0.5, 0.6) is 0 Å². The highest BCUT2D eigenvalue weighted by atomic mass is 32.2. The van der Waals surface area contributed by atoms with E-state index < -0.39 is 27.3 Å². The van der Waals surface area contributed by atoms with Crippen LogP contribution in [0.1, 0.15) is 16.7 Å². The Labute approximate surface area is 203 Å². The standard InChI is InChI=1S/C26H18F3N3O3S/c27-26(28,29)22-14-25(33)31-23-10-7-17(12-21(22)23)11-16-5-8-20(9-6-16)36(34,35)32-24-13-18-3-1-2-4-19(18)15-30-24/h1-10,12-15H,11H2,(H,30,32)(H,31,33). The summed E-state index contributed by atoms with van der Waals surface area (Å²) in [5, 5.41) is 1.62. The molecule has 0 aliphatic carbocycles. The van der Waals surface area contributed by atoms with Gasteiger partial charge in [0.1, 0.15) is 5.82 Å². The normalized spacial score (nSPS) is 12.2. The molecule has 2 aromatic heterocycles. The van der Waals surface area contributed by atoms with E-state index in [2.05, 4.69) is 14.7 Å². The fraction of sp³-hybridized carbons (Fsp3) is 0.0769. The Balaban J connectivity index is 1.38. The Morgan fingerprint density at radius 1 is 0.861 bits per heavy atom. The summed E-state index contributed by atoms with van der Waals surface area (Å²) in [4.78, 5) is 18.2. The van der Waals surface area contributed by atoms with E-state index in [4.69, 9.17) is 0 Å². The smallest absolute Gasteiger partial charge is 0.322 e. The van der Waals surface area contributed by atoms with E-state index >= 15 is 0 Å². The van der Waals surface area contributed by atoms with Crippen LogP contribution in [0.15, 0.2) is 94.7 Å². The lowest BCUT2D eigenvalue weighted by Gasteiger charge is -2.12. The van der Waals surface area contributed by atoms with E-state index in [0.717, 1.165) is 10.8 Å². The van der Waals surface area contributed by atoms with E-state index in [0.29, 0.717) is 17.2 Å². The number of anilines is 1. The lowest BCUT2D eigenvalue weighted by Crippen LogP contribution is -2.14. The first-order chi connectivity index (χ1) is 17.1. The van der Waals surface area contributed by atoms with Gasteiger partial charge in [-0.05, 0) is 53.3 Å². The highest BCUT2D eigenvalue weighted by Gasteiger charge is 2.33. The van der Waals surface area contributed by atoms with Crippen LogP contribution in [-0.2, 0) is 22.6 Å². The summed E-state index contributed by atoms with van der Waals surface area (Å²) in [6.45, 7) is 0. The van der Waals surface area contributed by atoms with E-state index in [1.165, 1.54) is 24.3 Å². The van der Waals surface area contributed by atoms with E-state index in [1.807, 2.05) is 24.3 Å². The molecule has 0 radical (unpaired) electrons. The zero-order valence-electron chi connectivity index (χ0n) is 18.5. The second-order valence-corrected chi connectivity index (χ2v) is 9.95. The Morgan fingerprint density at radius 2 is 1.56 bits per heavy atom. The fourth-order valence-electron chi connectivity index (χ4n) is 4.00. The summed E-state index contributed by atoms with van der Waals surface area (Å²) in [6.07, 6.45) is -2.82. The molecular weight excluding hydrogens is 491 g/mol. The maximum absolute atomic E-state index is 13.4. The number of sulfonamides is 1. The number of alkyl halides is 3. The van der Waals surface area contributed by atoms with Crippen LogP contribution in [0.4, 0.5) is 19.0 Å². The molecule has 0 bridgehead atoms. The van der Waals surface area contributed by atoms with Crippen LogP contribution in [0.3, 0.4) is 0 Å². The van der Waals surface area contributed by atoms with Crippen LogP contribution < -0.4 is 10.3 Å². The van der Waals surface area contributed by atoms with Gasteiger partial charge < -0.3 is 4.98 Å². The lowest BCUT2D eigenvalue weighted by molar-refractivity contribution is -0.136. The topological polar surface area (TPSA) is 91.9 Å². The number of hydrogen-bond acceptors (Lipinski definition) is 4. The molecule has 2 heterocycles. The largest absolute Gasteiger partial charge is 0.417 e. The maximum Gasteiger partial charge on any atom is 0.417 e. The molecule has 0 atom stereocenters. The molecular formula is C26H18F3N3O3S. The Morgan fingerprint density at radius 3 is 2.28 bits per heavy atom. The molecule has 0 unspecified atom stereocenters. The highest BCUT2D eigenvalue weighted by Crippen LogP contribution is 2.34. The number of pyridine rings is 2. The van der Waals surface area contributed by atoms with Crippen LogP contribution >= 0.6 is 0 Å². The van der Waals surface area contributed by atoms with Crippen molar-refractivity contribution in [2.75, 3.05) is 4.72 Å². The van der Waals surface area contributed by atoms with Gasteiger partial charge in [-0.3, -0.25) is 9.52 Å². The minimum atomic E-state index is -4.67. The monoisotopic (exact) mass is 509 g/mol. The molecule has 0 saturated carbocycles. The van der Waals surface area contributed by atoms with E-state index in [1.54, 1.807) is 30.5 Å². The quantitative estimate of drug-likeness (QED) is 0.328. The first kappa shape index (κ1) is 23.6. The van der Waals surface area contributed by atoms with Gasteiger partial charge in [-0.15, -0.1) is 0 Å². The van der Waals surface area contributed by atoms with Crippen molar-refractivity contribution in [3.05, 3.63) is 112 Å². The third-order valence-corrected chi connectivity index (χ3v) is 7.10. The maximum atomic E-state index is 13.4. The predicted molar refractivity (Wildman–Crippen MR) is 131 cm³/mol. The number of rotatable bonds is 5. The van der Waals surface area contributed by atoms with Crippen LogP contribution in [0, 0.1) is 0 Å². The van der Waals surface area contributed by atoms with Crippen LogP contribution in [-0.4, -0.2) is 18.4 Å². The van der Waals surface area contributed by atoms with Gasteiger partial charge in [0.25, 0.3) is 10.0 Å². The Kier molecular flexibility index (Phi) is 5.76. The van der Waals surface area contributed by atoms with Gasteiger partial charge in [-0.1, -0.05) is 42.5 Å². The van der Waals surface area contributed by atoms with Crippen molar-refractivity contribution < 1.29 is 21.6 Å². The molecule has 5 rings (SSSR count). The molecule has 2 N–H and O–H groups in total. The second kappa shape index (κ2) is 8.80. The summed E-state index contributed by atoms with van der Waals surface area (Å²) in [5.74, 6) is 0.187. The van der Waals surface area contributed by atoms with Gasteiger partial charge in [0.15, 0.2) is 0 Å². The molecule has 6 nitrogen and oxygen atoms in total. The van der Waals surface area contributed by atoms with Crippen LogP contribution in [0.25, 0.3) is 21.7 Å². The lowest BCUT2D eigenvalue weighted by atomic mass is 10.0. The number of H-pyrrole nitrogens is 1. The fourth-order valence-corrected chi connectivity index (χ4v) is 5.00. The SMILES string of the molecule is O=c1cc(C(F)(F)F)c2cc(Cc3ccc(S(=O)(=O)Nc4cc5ccccc5cn4)cc3)ccc2[nH]1. The van der Waals surface area contributed by atoms with Gasteiger partial charge in [-0.2, -0.15) is 13.2 Å². The number of aromatic amines is 1. The number of fused-ring (bicyclic) bond motifs is 2. The molecule has 0 spiro atoms. The molecule has 0 saturated heterocycles. The van der Waals surface area contributed by atoms with Crippen molar-refractivity contribution in [2.45, 2.75) is 17.5 Å². The molecule has 5 aromatic rings. The number of nitrogens with one attached hydrogen (secondary N) is 2. The minimum absolute atomic E-state index is 0.0247. The molecule has 182 valence electrons. The third kappa shape index (κ3) is 4.80. The molecule has 3 aromatic carbocycles. The third-order valence-electron chi connectivity index (χ3n) is 5.72. The van der Waals surface area contributed by atoms with Crippen molar-refractivity contribution in [3.63, 3.8) is 0 Å². The molecule has 36 heavy (non-hydrogen) atoms. The highest BCUT2D eigenvalue weighted by molar-refractivity contribution is 7.92. The molecule has 0 aliphatic heterocycles. The van der Waals surface area contributed by atoms with Crippen molar-refractivity contribution in [2.24, 2.45) is 0 Å². The van der Waals surface area contributed by atoms with Crippen LogP contribution in [0.2, 0.25) is 0 Å². The number of benzene rings is 3. The zero-order valence-corrected chi connectivity index (χ0v) is 19.3. The van der Waals surface area contributed by atoms with Gasteiger partial charge >= 0.3 is 6.18 Å². The van der Waals surface area contributed by atoms with E-state index in [-0.39, 0.29) is 28.0 Å². The number of aromatic nitrogens is 2. The first-order valence-electron chi connectivity index (χ1n) is 10.8. The minimum Gasteiger partial charge on any atom is -0.322 e. The number of halogens is 3. The first-order valence-corrected chi connectivity index (χ1v) is 12.3. The summed E-state index contributed by atoms with van der Waals surface area (Å²) < 4.78 is 68.4. The Bertz CT molecular complexity index is 1760. The molecule has 0 aliphatic rings. The Hall–Kier alpha value is -4.18. The summed E-state index contributed by atoms with van der Waals surface area (Å²) in [5.41, 5.74) is -0.456. The van der Waals surface area contributed by atoms with Gasteiger partial charge in [0.2, 0.25) is 5.56 Å². The van der Waals surface area contributed by atoms with Gasteiger partial charge in [0.05, 0.1) is 10.5 Å². The van der Waals surface area contributed by atoms with Crippen molar-refractivity contribution in [1.29, 1.82) is 0 Å². The van der Waals surface area contributed by atoms with Gasteiger partial charge in [-0.25, -0.2) is 13.4 Å². The molecule has 10 heteroatoms.